The molecule has 0 aliphatic carbocycles. The van der Waals surface area contributed by atoms with Crippen LogP contribution >= 0.6 is 0 Å². The molecule has 2 heterocycles. The number of aromatic carboxylic acids is 1. The van der Waals surface area contributed by atoms with Gasteiger partial charge in [0.1, 0.15) is 23.5 Å². The Hall–Kier alpha value is -4.13. The number of nitrogens with zero attached hydrogens (tertiary/aromatic N) is 3. The predicted molar refractivity (Wildman–Crippen MR) is 105 cm³/mol. The van der Waals surface area contributed by atoms with Crippen molar-refractivity contribution >= 4 is 11.8 Å². The molecule has 0 aliphatic rings. The molecule has 0 radical (unpaired) electrons. The number of hydrogen-bond acceptors (Lipinski definition) is 6. The van der Waals surface area contributed by atoms with Crippen LogP contribution in [0.15, 0.2) is 42.9 Å². The SMILES string of the molecule is CCc1ncnc(-c2ccc(C(=O)O)c(OC(F)(F)F)c2)c1C#Cc1ccc(N)nc1. The van der Waals surface area contributed by atoms with Crippen molar-refractivity contribution in [3.63, 3.8) is 0 Å². The molecule has 7 nitrogen and oxygen atoms in total. The molecule has 0 unspecified atom stereocenters. The second-order valence-electron chi connectivity index (χ2n) is 6.18. The van der Waals surface area contributed by atoms with Crippen molar-refractivity contribution in [3.05, 3.63) is 65.2 Å². The van der Waals surface area contributed by atoms with Crippen LogP contribution in [0.2, 0.25) is 0 Å². The van der Waals surface area contributed by atoms with Gasteiger partial charge in [0.15, 0.2) is 0 Å². The first-order chi connectivity index (χ1) is 14.7. The minimum Gasteiger partial charge on any atom is -0.478 e. The molecule has 31 heavy (non-hydrogen) atoms. The van der Waals surface area contributed by atoms with E-state index in [9.17, 15) is 23.1 Å². The molecule has 10 heteroatoms. The first kappa shape index (κ1) is 21.6. The Balaban J connectivity index is 2.14. The predicted octanol–water partition coefficient (Wildman–Crippen LogP) is 3.68. The van der Waals surface area contributed by atoms with Crippen molar-refractivity contribution in [1.82, 2.24) is 15.0 Å². The van der Waals surface area contributed by atoms with E-state index in [0.29, 0.717) is 29.1 Å². The summed E-state index contributed by atoms with van der Waals surface area (Å²) in [5, 5.41) is 9.18. The highest BCUT2D eigenvalue weighted by Gasteiger charge is 2.33. The van der Waals surface area contributed by atoms with Crippen molar-refractivity contribution in [1.29, 1.82) is 0 Å². The van der Waals surface area contributed by atoms with Crippen LogP contribution in [0, 0.1) is 11.8 Å². The van der Waals surface area contributed by atoms with Gasteiger partial charge in [-0.1, -0.05) is 24.8 Å². The normalized spacial score (nSPS) is 10.8. The number of anilines is 1. The Morgan fingerprint density at radius 3 is 2.55 bits per heavy atom. The third kappa shape index (κ3) is 5.27. The van der Waals surface area contributed by atoms with E-state index in [-0.39, 0.29) is 11.3 Å². The van der Waals surface area contributed by atoms with Crippen molar-refractivity contribution in [2.45, 2.75) is 19.7 Å². The summed E-state index contributed by atoms with van der Waals surface area (Å²) in [6.45, 7) is 1.84. The monoisotopic (exact) mass is 428 g/mol. The first-order valence-electron chi connectivity index (χ1n) is 8.89. The van der Waals surface area contributed by atoms with Gasteiger partial charge in [-0.25, -0.2) is 19.7 Å². The molecular weight excluding hydrogens is 413 g/mol. The van der Waals surface area contributed by atoms with Gasteiger partial charge >= 0.3 is 12.3 Å². The smallest absolute Gasteiger partial charge is 0.478 e. The summed E-state index contributed by atoms with van der Waals surface area (Å²) < 4.78 is 42.2. The lowest BCUT2D eigenvalue weighted by atomic mass is 10.0. The largest absolute Gasteiger partial charge is 0.573 e. The number of benzene rings is 1. The molecule has 0 atom stereocenters. The number of carboxylic acids is 1. The Kier molecular flexibility index (Phi) is 6.06. The molecule has 0 saturated heterocycles. The van der Waals surface area contributed by atoms with E-state index in [4.69, 9.17) is 5.73 Å². The zero-order valence-electron chi connectivity index (χ0n) is 16.1. The van der Waals surface area contributed by atoms with Crippen molar-refractivity contribution in [2.75, 3.05) is 5.73 Å². The molecule has 3 aromatic rings. The summed E-state index contributed by atoms with van der Waals surface area (Å²) in [6.07, 6.45) is -1.83. The third-order valence-corrected chi connectivity index (χ3v) is 4.09. The van der Waals surface area contributed by atoms with E-state index in [0.717, 1.165) is 12.1 Å². The average Bonchev–Trinajstić information content (AvgIpc) is 2.71. The summed E-state index contributed by atoms with van der Waals surface area (Å²) in [7, 11) is 0. The maximum absolute atomic E-state index is 12.8. The van der Waals surface area contributed by atoms with Crippen LogP contribution in [-0.4, -0.2) is 32.4 Å². The molecule has 0 bridgehead atoms. The summed E-state index contributed by atoms with van der Waals surface area (Å²) in [4.78, 5) is 23.6. The average molecular weight is 428 g/mol. The van der Waals surface area contributed by atoms with Gasteiger partial charge in [0, 0.05) is 17.3 Å². The molecule has 0 fully saturated rings. The van der Waals surface area contributed by atoms with Crippen LogP contribution in [0.1, 0.15) is 34.1 Å². The Morgan fingerprint density at radius 1 is 1.16 bits per heavy atom. The van der Waals surface area contributed by atoms with Gasteiger partial charge < -0.3 is 15.6 Å². The molecule has 0 amide bonds. The van der Waals surface area contributed by atoms with Gasteiger partial charge in [0.25, 0.3) is 0 Å². The number of nitrogen functional groups attached to an aromatic ring is 1. The van der Waals surface area contributed by atoms with Crippen molar-refractivity contribution in [3.8, 4) is 28.8 Å². The number of alkyl halides is 3. The van der Waals surface area contributed by atoms with Crippen LogP contribution in [0.25, 0.3) is 11.3 Å². The fraction of sp³-hybridized carbons (Fsp3) is 0.143. The number of ether oxygens (including phenoxy) is 1. The minimum atomic E-state index is -5.06. The molecule has 158 valence electrons. The van der Waals surface area contributed by atoms with E-state index in [1.807, 2.05) is 6.92 Å². The van der Waals surface area contributed by atoms with E-state index in [1.54, 1.807) is 12.1 Å². The van der Waals surface area contributed by atoms with Crippen LogP contribution in [0.4, 0.5) is 19.0 Å². The molecule has 0 saturated carbocycles. The molecule has 0 aliphatic heterocycles. The summed E-state index contributed by atoms with van der Waals surface area (Å²) in [5.41, 5.74) is 6.89. The van der Waals surface area contributed by atoms with Gasteiger partial charge in [-0.05, 0) is 30.7 Å². The van der Waals surface area contributed by atoms with E-state index in [1.165, 1.54) is 18.6 Å². The zero-order valence-corrected chi connectivity index (χ0v) is 16.1. The van der Waals surface area contributed by atoms with Gasteiger partial charge in [0.05, 0.1) is 17.0 Å². The number of pyridine rings is 1. The first-order valence-corrected chi connectivity index (χ1v) is 8.89. The van der Waals surface area contributed by atoms with E-state index >= 15 is 0 Å². The number of halogens is 3. The number of aromatic nitrogens is 3. The summed E-state index contributed by atoms with van der Waals surface area (Å²) in [5.74, 6) is 3.76. The number of rotatable bonds is 4. The Bertz CT molecular complexity index is 1180. The highest BCUT2D eigenvalue weighted by atomic mass is 19.4. The van der Waals surface area contributed by atoms with Gasteiger partial charge in [0.2, 0.25) is 0 Å². The maximum atomic E-state index is 12.8. The Morgan fingerprint density at radius 2 is 1.94 bits per heavy atom. The lowest BCUT2D eigenvalue weighted by Gasteiger charge is -2.13. The number of carbonyl (C=O) groups is 1. The highest BCUT2D eigenvalue weighted by molar-refractivity contribution is 5.92. The van der Waals surface area contributed by atoms with Crippen molar-refractivity contribution in [2.24, 2.45) is 0 Å². The second kappa shape index (κ2) is 8.71. The van der Waals surface area contributed by atoms with Crippen LogP contribution in [-0.2, 0) is 6.42 Å². The summed E-state index contributed by atoms with van der Waals surface area (Å²) >= 11 is 0. The van der Waals surface area contributed by atoms with Gasteiger partial charge in [-0.2, -0.15) is 0 Å². The van der Waals surface area contributed by atoms with Gasteiger partial charge in [-0.3, -0.25) is 0 Å². The Labute approximate surface area is 174 Å². The topological polar surface area (TPSA) is 111 Å². The number of carboxylic acid groups (broad SMARTS) is 1. The highest BCUT2D eigenvalue weighted by Crippen LogP contribution is 2.32. The fourth-order valence-electron chi connectivity index (χ4n) is 2.71. The number of aryl methyl sites for hydroxylation is 1. The quantitative estimate of drug-likeness (QED) is 0.610. The maximum Gasteiger partial charge on any atom is 0.573 e. The molecular formula is C21H15F3N4O3. The number of nitrogens with two attached hydrogens (primary N) is 1. The lowest BCUT2D eigenvalue weighted by Crippen LogP contribution is -2.19. The minimum absolute atomic E-state index is 0.195. The summed E-state index contributed by atoms with van der Waals surface area (Å²) in [6, 6.07) is 6.58. The lowest BCUT2D eigenvalue weighted by molar-refractivity contribution is -0.274. The molecule has 2 aromatic heterocycles. The van der Waals surface area contributed by atoms with Crippen molar-refractivity contribution < 1.29 is 27.8 Å². The zero-order chi connectivity index (χ0) is 22.6. The van der Waals surface area contributed by atoms with Gasteiger partial charge in [-0.15, -0.1) is 13.2 Å². The van der Waals surface area contributed by atoms with E-state index in [2.05, 4.69) is 31.5 Å². The fourth-order valence-corrected chi connectivity index (χ4v) is 2.71. The standard InChI is InChI=1S/C21H15F3N4O3/c1-2-16-14(6-3-12-4-8-18(25)26-10-12)19(28-11-27-16)13-5-7-15(20(29)30)17(9-13)31-21(22,23)24/h4-5,7-11H,2H2,1H3,(H2,25,26)(H,29,30). The van der Waals surface area contributed by atoms with Crippen LogP contribution in [0.5, 0.6) is 5.75 Å². The molecule has 3 rings (SSSR count). The van der Waals surface area contributed by atoms with Crippen LogP contribution in [0.3, 0.4) is 0 Å². The molecule has 1 aromatic carbocycles. The molecule has 3 N–H and O–H groups in total. The molecule has 0 spiro atoms. The number of hydrogen-bond donors (Lipinski definition) is 2. The third-order valence-electron chi connectivity index (χ3n) is 4.09. The van der Waals surface area contributed by atoms with E-state index < -0.39 is 23.6 Å². The second-order valence-corrected chi connectivity index (χ2v) is 6.18. The van der Waals surface area contributed by atoms with Crippen LogP contribution < -0.4 is 10.5 Å².